The standard InChI is InChI=1S/C23H22ClNO2/c1-16-13-20(14-17(2)22(16)24)27-15-21(26)25-23(18-9-5-3-6-10-18)19-11-7-4-8-12-19/h3-14,23H,15H2,1-2H3,(H,25,26). The van der Waals surface area contributed by atoms with Crippen molar-refractivity contribution in [2.45, 2.75) is 19.9 Å². The molecule has 0 aliphatic heterocycles. The summed E-state index contributed by atoms with van der Waals surface area (Å²) in [6.45, 7) is 3.78. The molecule has 3 nitrogen and oxygen atoms in total. The number of carbonyl (C=O) groups is 1. The van der Waals surface area contributed by atoms with Gasteiger partial charge in [-0.15, -0.1) is 0 Å². The summed E-state index contributed by atoms with van der Waals surface area (Å²) in [5, 5.41) is 3.79. The lowest BCUT2D eigenvalue weighted by atomic mass is 9.99. The smallest absolute Gasteiger partial charge is 0.258 e. The van der Waals surface area contributed by atoms with E-state index >= 15 is 0 Å². The molecular formula is C23H22ClNO2. The first-order valence-electron chi connectivity index (χ1n) is 8.83. The molecule has 0 unspecified atom stereocenters. The molecule has 27 heavy (non-hydrogen) atoms. The third kappa shape index (κ3) is 4.89. The van der Waals surface area contributed by atoms with Crippen LogP contribution in [0.5, 0.6) is 5.75 Å². The average Bonchev–Trinajstić information content (AvgIpc) is 2.70. The van der Waals surface area contributed by atoms with Crippen LogP contribution in [0.25, 0.3) is 0 Å². The van der Waals surface area contributed by atoms with Gasteiger partial charge in [-0.2, -0.15) is 0 Å². The maximum absolute atomic E-state index is 12.5. The fourth-order valence-electron chi connectivity index (χ4n) is 2.99. The number of aryl methyl sites for hydroxylation is 2. The molecule has 1 N–H and O–H groups in total. The Bertz CT molecular complexity index is 848. The fourth-order valence-corrected chi connectivity index (χ4v) is 3.10. The van der Waals surface area contributed by atoms with E-state index in [4.69, 9.17) is 16.3 Å². The van der Waals surface area contributed by atoms with Crippen LogP contribution in [0.15, 0.2) is 72.8 Å². The van der Waals surface area contributed by atoms with Gasteiger partial charge in [0.2, 0.25) is 0 Å². The summed E-state index contributed by atoms with van der Waals surface area (Å²) in [5.41, 5.74) is 3.91. The van der Waals surface area contributed by atoms with Crippen molar-refractivity contribution in [2.24, 2.45) is 0 Å². The second kappa shape index (κ2) is 8.74. The number of hydrogen-bond acceptors (Lipinski definition) is 2. The molecule has 0 heterocycles. The molecular weight excluding hydrogens is 358 g/mol. The molecule has 4 heteroatoms. The maximum atomic E-state index is 12.5. The Kier molecular flexibility index (Phi) is 6.15. The highest BCUT2D eigenvalue weighted by atomic mass is 35.5. The normalized spacial score (nSPS) is 10.7. The van der Waals surface area contributed by atoms with E-state index in [1.807, 2.05) is 86.6 Å². The Morgan fingerprint density at radius 3 is 1.89 bits per heavy atom. The predicted molar refractivity (Wildman–Crippen MR) is 109 cm³/mol. The van der Waals surface area contributed by atoms with E-state index in [1.54, 1.807) is 0 Å². The highest BCUT2D eigenvalue weighted by Crippen LogP contribution is 2.26. The van der Waals surface area contributed by atoms with Crippen molar-refractivity contribution >= 4 is 17.5 Å². The van der Waals surface area contributed by atoms with Crippen LogP contribution < -0.4 is 10.1 Å². The van der Waals surface area contributed by atoms with E-state index < -0.39 is 0 Å². The minimum Gasteiger partial charge on any atom is -0.484 e. The molecule has 0 aromatic heterocycles. The van der Waals surface area contributed by atoms with Crippen molar-refractivity contribution in [1.29, 1.82) is 0 Å². The lowest BCUT2D eigenvalue weighted by molar-refractivity contribution is -0.123. The van der Waals surface area contributed by atoms with E-state index in [0.717, 1.165) is 27.3 Å². The zero-order chi connectivity index (χ0) is 19.2. The van der Waals surface area contributed by atoms with Crippen molar-refractivity contribution in [3.05, 3.63) is 100 Å². The topological polar surface area (TPSA) is 38.3 Å². The third-order valence-corrected chi connectivity index (χ3v) is 4.95. The van der Waals surface area contributed by atoms with Crippen LogP contribution in [0.4, 0.5) is 0 Å². The zero-order valence-corrected chi connectivity index (χ0v) is 16.2. The number of benzene rings is 3. The first kappa shape index (κ1) is 19.0. The number of nitrogens with one attached hydrogen (secondary N) is 1. The lowest BCUT2D eigenvalue weighted by Gasteiger charge is -2.20. The van der Waals surface area contributed by atoms with Crippen LogP contribution in [0.3, 0.4) is 0 Å². The number of carbonyl (C=O) groups excluding carboxylic acids is 1. The molecule has 3 rings (SSSR count). The van der Waals surface area contributed by atoms with E-state index in [9.17, 15) is 4.79 Å². The molecule has 0 saturated heterocycles. The van der Waals surface area contributed by atoms with Crippen molar-refractivity contribution in [2.75, 3.05) is 6.61 Å². The summed E-state index contributed by atoms with van der Waals surface area (Å²) >= 11 is 6.18. The van der Waals surface area contributed by atoms with Crippen LogP contribution in [-0.2, 0) is 4.79 Å². The van der Waals surface area contributed by atoms with Gasteiger partial charge in [0.15, 0.2) is 6.61 Å². The molecule has 0 saturated carbocycles. The van der Waals surface area contributed by atoms with Gasteiger partial charge in [0.25, 0.3) is 5.91 Å². The molecule has 1 amide bonds. The number of hydrogen-bond donors (Lipinski definition) is 1. The molecule has 138 valence electrons. The van der Waals surface area contributed by atoms with E-state index in [0.29, 0.717) is 5.75 Å². The molecule has 0 atom stereocenters. The molecule has 0 fully saturated rings. The minimum atomic E-state index is -0.225. The van der Waals surface area contributed by atoms with E-state index in [-0.39, 0.29) is 18.6 Å². The van der Waals surface area contributed by atoms with Crippen LogP contribution in [-0.4, -0.2) is 12.5 Å². The van der Waals surface area contributed by atoms with Gasteiger partial charge < -0.3 is 10.1 Å². The van der Waals surface area contributed by atoms with Crippen molar-refractivity contribution in [3.8, 4) is 5.75 Å². The molecule has 0 spiro atoms. The molecule has 0 aliphatic rings. The van der Waals surface area contributed by atoms with Gasteiger partial charge in [-0.3, -0.25) is 4.79 Å². The van der Waals surface area contributed by atoms with Gasteiger partial charge in [-0.05, 0) is 48.2 Å². The summed E-state index contributed by atoms with van der Waals surface area (Å²) in [5.74, 6) is 0.457. The zero-order valence-electron chi connectivity index (χ0n) is 15.4. The fraction of sp³-hybridized carbons (Fsp3) is 0.174. The predicted octanol–water partition coefficient (Wildman–Crippen LogP) is 5.24. The largest absolute Gasteiger partial charge is 0.484 e. The monoisotopic (exact) mass is 379 g/mol. The number of amides is 1. The van der Waals surface area contributed by atoms with Crippen LogP contribution >= 0.6 is 11.6 Å². The van der Waals surface area contributed by atoms with Gasteiger partial charge >= 0.3 is 0 Å². The Balaban J connectivity index is 1.72. The van der Waals surface area contributed by atoms with Gasteiger partial charge in [0.1, 0.15) is 5.75 Å². The second-order valence-electron chi connectivity index (χ2n) is 6.48. The molecule has 3 aromatic rings. The van der Waals surface area contributed by atoms with Crippen LogP contribution in [0, 0.1) is 13.8 Å². The summed E-state index contributed by atoms with van der Waals surface area (Å²) in [6, 6.07) is 23.3. The van der Waals surface area contributed by atoms with Crippen molar-refractivity contribution in [1.82, 2.24) is 5.32 Å². The quantitative estimate of drug-likeness (QED) is 0.635. The molecule has 3 aromatic carbocycles. The highest BCUT2D eigenvalue weighted by Gasteiger charge is 2.17. The minimum absolute atomic E-state index is 0.0588. The number of rotatable bonds is 6. The maximum Gasteiger partial charge on any atom is 0.258 e. The van der Waals surface area contributed by atoms with E-state index in [1.165, 1.54) is 0 Å². The van der Waals surface area contributed by atoms with Crippen molar-refractivity contribution < 1.29 is 9.53 Å². The van der Waals surface area contributed by atoms with Crippen molar-refractivity contribution in [3.63, 3.8) is 0 Å². The SMILES string of the molecule is Cc1cc(OCC(=O)NC(c2ccccc2)c2ccccc2)cc(C)c1Cl. The number of halogens is 1. The Hall–Kier alpha value is -2.78. The first-order chi connectivity index (χ1) is 13.0. The second-order valence-corrected chi connectivity index (χ2v) is 6.86. The number of ether oxygens (including phenoxy) is 1. The summed E-state index contributed by atoms with van der Waals surface area (Å²) in [7, 11) is 0. The Morgan fingerprint density at radius 1 is 0.926 bits per heavy atom. The molecule has 0 aliphatic carbocycles. The average molecular weight is 380 g/mol. The highest BCUT2D eigenvalue weighted by molar-refractivity contribution is 6.32. The summed E-state index contributed by atoms with van der Waals surface area (Å²) in [4.78, 5) is 12.5. The molecule has 0 radical (unpaired) electrons. The van der Waals surface area contributed by atoms with Crippen LogP contribution in [0.2, 0.25) is 5.02 Å². The Labute approximate surface area is 164 Å². The van der Waals surface area contributed by atoms with Gasteiger partial charge in [0.05, 0.1) is 6.04 Å². The van der Waals surface area contributed by atoms with Gasteiger partial charge in [-0.25, -0.2) is 0 Å². The van der Waals surface area contributed by atoms with Crippen LogP contribution in [0.1, 0.15) is 28.3 Å². The summed E-state index contributed by atoms with van der Waals surface area (Å²) in [6.07, 6.45) is 0. The van der Waals surface area contributed by atoms with Gasteiger partial charge in [-0.1, -0.05) is 72.3 Å². The third-order valence-electron chi connectivity index (χ3n) is 4.35. The first-order valence-corrected chi connectivity index (χ1v) is 9.21. The summed E-state index contributed by atoms with van der Waals surface area (Å²) < 4.78 is 5.69. The Morgan fingerprint density at radius 2 is 1.41 bits per heavy atom. The lowest BCUT2D eigenvalue weighted by Crippen LogP contribution is -2.33. The van der Waals surface area contributed by atoms with E-state index in [2.05, 4.69) is 5.32 Å². The van der Waals surface area contributed by atoms with Gasteiger partial charge in [0, 0.05) is 5.02 Å². The molecule has 0 bridgehead atoms.